The molecule has 2 aliphatic heterocycles. The monoisotopic (exact) mass is 937 g/mol. The molecule has 3 heterocycles. The van der Waals surface area contributed by atoms with Gasteiger partial charge < -0.3 is 34.2 Å². The van der Waals surface area contributed by atoms with Crippen molar-refractivity contribution in [2.45, 2.75) is 43.0 Å². The number of morpholine rings is 1. The summed E-state index contributed by atoms with van der Waals surface area (Å²) in [6.45, 7) is 17.4. The van der Waals surface area contributed by atoms with E-state index in [2.05, 4.69) is 67.7 Å². The number of aromatic carboxylic acids is 1. The third-order valence-corrected chi connectivity index (χ3v) is 13.7. The molecule has 2 aliphatic rings. The second-order valence-electron chi connectivity index (χ2n) is 15.5. The first-order chi connectivity index (χ1) is 31.6. The molecule has 4 aromatic carbocycles. The number of halogens is 1. The van der Waals surface area contributed by atoms with Gasteiger partial charge in [0, 0.05) is 115 Å². The Bertz CT molecular complexity index is 2400. The van der Waals surface area contributed by atoms with Crippen molar-refractivity contribution in [2.24, 2.45) is 7.05 Å². The molecule has 1 aromatic heterocycles. The van der Waals surface area contributed by atoms with E-state index in [1.165, 1.54) is 16.8 Å². The van der Waals surface area contributed by atoms with Gasteiger partial charge in [-0.1, -0.05) is 62.9 Å². The smallest absolute Gasteiger partial charge is 0.338 e. The fourth-order valence-corrected chi connectivity index (χ4v) is 9.83. The van der Waals surface area contributed by atoms with Crippen LogP contribution in [0.15, 0.2) is 126 Å². The van der Waals surface area contributed by atoms with Crippen LogP contribution in [0.25, 0.3) is 16.7 Å². The van der Waals surface area contributed by atoms with Gasteiger partial charge in [-0.25, -0.2) is 4.79 Å². The largest absolute Gasteiger partial charge is 0.478 e. The maximum Gasteiger partial charge on any atom is 0.338 e. The Hall–Kier alpha value is -5.38. The number of piperazine rings is 1. The number of ether oxygens (including phenoxy) is 1. The van der Waals surface area contributed by atoms with Gasteiger partial charge in [0.05, 0.1) is 29.4 Å². The van der Waals surface area contributed by atoms with Crippen LogP contribution in [-0.2, 0) is 11.8 Å². The Labute approximate surface area is 397 Å². The van der Waals surface area contributed by atoms with Gasteiger partial charge in [0.2, 0.25) is 0 Å². The summed E-state index contributed by atoms with van der Waals surface area (Å²) in [5, 5.41) is 26.2. The molecule has 0 aliphatic carbocycles. The number of alkyl halides is 1. The van der Waals surface area contributed by atoms with E-state index in [1.807, 2.05) is 93.1 Å². The molecule has 2 fully saturated rings. The van der Waals surface area contributed by atoms with E-state index in [9.17, 15) is 20.0 Å². The van der Waals surface area contributed by atoms with Crippen LogP contribution in [0.5, 0.6) is 0 Å². The molecule has 12 nitrogen and oxygen atoms in total. The van der Waals surface area contributed by atoms with Gasteiger partial charge in [0.25, 0.3) is 5.69 Å². The van der Waals surface area contributed by atoms with Crippen LogP contribution >= 0.6 is 35.3 Å². The third kappa shape index (κ3) is 12.9. The number of carboxylic acids is 1. The summed E-state index contributed by atoms with van der Waals surface area (Å²) < 4.78 is 10.8. The van der Waals surface area contributed by atoms with Crippen LogP contribution in [0, 0.1) is 17.0 Å². The Morgan fingerprint density at radius 2 is 1.62 bits per heavy atom. The summed E-state index contributed by atoms with van der Waals surface area (Å²) in [7, 11) is 1.87. The van der Waals surface area contributed by atoms with Gasteiger partial charge in [0.15, 0.2) is 0 Å². The van der Waals surface area contributed by atoms with Crippen molar-refractivity contribution in [3.05, 3.63) is 143 Å². The fraction of sp³-hybridized carbons (Fsp3) is 0.340. The number of nitro groups is 1. The summed E-state index contributed by atoms with van der Waals surface area (Å²) in [6, 6.07) is 32.0. The quantitative estimate of drug-likeness (QED) is 0.0182. The predicted molar refractivity (Wildman–Crippen MR) is 273 cm³/mol. The van der Waals surface area contributed by atoms with Crippen LogP contribution < -0.4 is 19.8 Å². The van der Waals surface area contributed by atoms with Crippen molar-refractivity contribution in [2.75, 3.05) is 90.5 Å². The number of carbonyl (C=O) groups is 1. The molecule has 2 saturated heterocycles. The Morgan fingerprint density at radius 3 is 2.28 bits per heavy atom. The first-order valence-corrected chi connectivity index (χ1v) is 24.4. The maximum atomic E-state index is 12.5. The van der Waals surface area contributed by atoms with Crippen LogP contribution in [-0.4, -0.2) is 102 Å². The molecule has 7 rings (SSSR count). The molecular formula is C50H60ClN7O5S2. The van der Waals surface area contributed by atoms with Crippen molar-refractivity contribution in [1.82, 2.24) is 9.47 Å². The number of benzene rings is 4. The van der Waals surface area contributed by atoms with Crippen molar-refractivity contribution >= 4 is 75.3 Å². The zero-order valence-electron chi connectivity index (χ0n) is 37.7. The lowest BCUT2D eigenvalue weighted by atomic mass is 9.96. The lowest BCUT2D eigenvalue weighted by molar-refractivity contribution is -0.384. The number of hydrogen-bond donors (Lipinski definition) is 3. The third-order valence-electron chi connectivity index (χ3n) is 11.5. The van der Waals surface area contributed by atoms with Crippen molar-refractivity contribution in [3.63, 3.8) is 0 Å². The van der Waals surface area contributed by atoms with Crippen LogP contribution in [0.1, 0.15) is 42.0 Å². The first kappa shape index (κ1) is 49.1. The van der Waals surface area contributed by atoms with Crippen LogP contribution in [0.4, 0.5) is 28.4 Å². The molecule has 3 N–H and O–H groups in total. The highest BCUT2D eigenvalue weighted by Crippen LogP contribution is 2.38. The topological polar surface area (TPSA) is 128 Å². The second-order valence-corrected chi connectivity index (χ2v) is 17.8. The number of hydrogen-bond acceptors (Lipinski definition) is 11. The molecule has 0 radical (unpaired) electrons. The Balaban J connectivity index is 0.00000345. The Morgan fingerprint density at radius 1 is 0.923 bits per heavy atom. The number of thioether (sulfide) groups is 1. The molecular weight excluding hydrogens is 878 g/mol. The van der Waals surface area contributed by atoms with E-state index in [0.29, 0.717) is 28.4 Å². The number of nitrogens with zero attached hydrogens (tertiary/aromatic N) is 5. The standard InChI is InChI=1S/C48H54ClN7O5S2.C2H6/c1-34(9-8-21-49)47-46(45(48(57)58)35(2)52(47)3)36-10-7-11-40(31-36)55-25-23-54(24-26-55)39-16-14-37(15-17-39)51-63-42-18-19-43(44(32-42)56(59)60)50-38(20-22-53-27-29-61-30-28-53)33-62-41-12-5-4-6-13-41;1-2/h4-19,31-32,38,50-51H,1,20-30,33H2,2-3H3,(H,57,58);1-2H3/b9-8-;/t38-;/m1./s1. The second kappa shape index (κ2) is 24.2. The fourth-order valence-electron chi connectivity index (χ4n) is 8.07. The van der Waals surface area contributed by atoms with Crippen molar-refractivity contribution in [1.29, 1.82) is 0 Å². The maximum absolute atomic E-state index is 12.5. The number of allylic oxidation sites excluding steroid dienone is 3. The highest BCUT2D eigenvalue weighted by atomic mass is 35.5. The van der Waals surface area contributed by atoms with E-state index in [1.54, 1.807) is 23.9 Å². The average molecular weight is 939 g/mol. The van der Waals surface area contributed by atoms with Crippen LogP contribution in [0.3, 0.4) is 0 Å². The lowest BCUT2D eigenvalue weighted by Crippen LogP contribution is -2.46. The SMILES string of the molecule is C=C(/C=C\CCl)c1c(-c2cccc(N3CCN(c4ccc(NSc5ccc(N[C@H](CCN6CCOCC6)CSc6ccccc6)c([N+](=O)[O-])c5)cc4)CC3)c2)c(C(=O)O)c(C)n1C.CC. The zero-order valence-corrected chi connectivity index (χ0v) is 40.1. The summed E-state index contributed by atoms with van der Waals surface area (Å²) in [5.74, 6) is 0.138. The molecule has 0 unspecified atom stereocenters. The summed E-state index contributed by atoms with van der Waals surface area (Å²) >= 11 is 9.02. The molecule has 1 atom stereocenters. The molecule has 344 valence electrons. The molecule has 0 bridgehead atoms. The normalized spacial score (nSPS) is 14.7. The lowest BCUT2D eigenvalue weighted by Gasteiger charge is -2.37. The van der Waals surface area contributed by atoms with E-state index in [-0.39, 0.29) is 22.2 Å². The summed E-state index contributed by atoms with van der Waals surface area (Å²) in [6.07, 6.45) is 4.50. The average Bonchev–Trinajstić information content (AvgIpc) is 3.62. The van der Waals surface area contributed by atoms with E-state index in [4.69, 9.17) is 16.3 Å². The first-order valence-electron chi connectivity index (χ1n) is 22.1. The van der Waals surface area contributed by atoms with E-state index in [0.717, 1.165) is 104 Å². The van der Waals surface area contributed by atoms with E-state index < -0.39 is 5.97 Å². The minimum absolute atomic E-state index is 0.0309. The van der Waals surface area contributed by atoms with Gasteiger partial charge in [-0.15, -0.1) is 23.4 Å². The van der Waals surface area contributed by atoms with Crippen molar-refractivity contribution < 1.29 is 19.6 Å². The molecule has 0 amide bonds. The minimum atomic E-state index is -0.975. The number of nitro benzene ring substituents is 1. The highest BCUT2D eigenvalue weighted by Gasteiger charge is 2.27. The molecule has 5 aromatic rings. The zero-order chi connectivity index (χ0) is 46.3. The number of carboxylic acid groups (broad SMARTS) is 1. The van der Waals surface area contributed by atoms with Gasteiger partial charge in [0.1, 0.15) is 5.69 Å². The molecule has 15 heteroatoms. The molecule has 65 heavy (non-hydrogen) atoms. The van der Waals surface area contributed by atoms with E-state index >= 15 is 0 Å². The number of nitrogens with one attached hydrogen (secondary N) is 2. The molecule has 0 spiro atoms. The summed E-state index contributed by atoms with van der Waals surface area (Å²) in [5.41, 5.74) is 7.46. The predicted octanol–water partition coefficient (Wildman–Crippen LogP) is 11.2. The van der Waals surface area contributed by atoms with Gasteiger partial charge in [-0.05, 0) is 97.1 Å². The number of aromatic nitrogens is 1. The Kier molecular flexibility index (Phi) is 18.3. The van der Waals surface area contributed by atoms with Crippen LogP contribution in [0.2, 0.25) is 0 Å². The van der Waals surface area contributed by atoms with Gasteiger partial charge >= 0.3 is 5.97 Å². The van der Waals surface area contributed by atoms with Gasteiger partial charge in [-0.3, -0.25) is 15.0 Å². The summed E-state index contributed by atoms with van der Waals surface area (Å²) in [4.78, 5) is 33.6. The highest BCUT2D eigenvalue weighted by molar-refractivity contribution is 8.00. The number of rotatable bonds is 19. The van der Waals surface area contributed by atoms with Crippen molar-refractivity contribution in [3.8, 4) is 11.1 Å². The molecule has 0 saturated carbocycles. The number of anilines is 4. The minimum Gasteiger partial charge on any atom is -0.478 e. The van der Waals surface area contributed by atoms with Gasteiger partial charge in [-0.2, -0.15) is 0 Å².